The molecule has 1 fully saturated rings. The van der Waals surface area contributed by atoms with Gasteiger partial charge in [-0.2, -0.15) is 0 Å². The number of aryl methyl sites for hydroxylation is 1. The Morgan fingerprint density at radius 3 is 2.22 bits per heavy atom. The second kappa shape index (κ2) is 14.5. The van der Waals surface area contributed by atoms with Gasteiger partial charge in [-0.1, -0.05) is 45.7 Å². The lowest BCUT2D eigenvalue weighted by atomic mass is 9.90. The van der Waals surface area contributed by atoms with Crippen molar-refractivity contribution in [2.45, 2.75) is 91.6 Å². The quantitative estimate of drug-likeness (QED) is 0.253. The SMILES string of the molecule is CCc1ccc(NC(=O)[C@H](C)NC(=O)[C@H](C)NC(=O)CCCCCN2C(=O)CC(C(C)CC)C2=O)cc1.[HH].[HH].[HH]. The van der Waals surface area contributed by atoms with Gasteiger partial charge in [0.25, 0.3) is 0 Å². The van der Waals surface area contributed by atoms with Crippen molar-refractivity contribution in [2.75, 3.05) is 11.9 Å². The van der Waals surface area contributed by atoms with Crippen LogP contribution in [0, 0.1) is 11.8 Å². The van der Waals surface area contributed by atoms with Crippen LogP contribution >= 0.6 is 0 Å². The van der Waals surface area contributed by atoms with Crippen molar-refractivity contribution in [1.82, 2.24) is 15.5 Å². The van der Waals surface area contributed by atoms with Crippen LogP contribution < -0.4 is 16.0 Å². The highest BCUT2D eigenvalue weighted by molar-refractivity contribution is 6.03. The molecule has 9 heteroatoms. The summed E-state index contributed by atoms with van der Waals surface area (Å²) < 4.78 is 0. The molecule has 0 saturated carbocycles. The third-order valence-electron chi connectivity index (χ3n) is 7.05. The summed E-state index contributed by atoms with van der Waals surface area (Å²) in [5.74, 6) is -1.25. The van der Waals surface area contributed by atoms with Gasteiger partial charge >= 0.3 is 0 Å². The Labute approximate surface area is 224 Å². The molecule has 1 aromatic rings. The van der Waals surface area contributed by atoms with Gasteiger partial charge in [-0.25, -0.2) is 0 Å². The summed E-state index contributed by atoms with van der Waals surface area (Å²) in [6.07, 6.45) is 4.21. The molecule has 4 atom stereocenters. The normalized spacial score (nSPS) is 17.8. The molecule has 2 rings (SSSR count). The Bertz CT molecular complexity index is 977. The molecule has 210 valence electrons. The molecule has 0 aromatic heterocycles. The Balaban J connectivity index is 0. The number of nitrogens with one attached hydrogen (secondary N) is 3. The predicted octanol–water partition coefficient (Wildman–Crippen LogP) is 3.92. The van der Waals surface area contributed by atoms with Crippen LogP contribution in [0.2, 0.25) is 0 Å². The molecule has 0 aliphatic carbocycles. The van der Waals surface area contributed by atoms with Crippen LogP contribution in [0.3, 0.4) is 0 Å². The van der Waals surface area contributed by atoms with E-state index in [1.54, 1.807) is 13.8 Å². The van der Waals surface area contributed by atoms with E-state index in [1.165, 1.54) is 4.90 Å². The molecule has 1 heterocycles. The summed E-state index contributed by atoms with van der Waals surface area (Å²) in [6, 6.07) is 5.95. The third kappa shape index (κ3) is 8.98. The fourth-order valence-electron chi connectivity index (χ4n) is 4.26. The van der Waals surface area contributed by atoms with Crippen molar-refractivity contribution in [3.8, 4) is 0 Å². The average Bonchev–Trinajstić information content (AvgIpc) is 3.16. The van der Waals surface area contributed by atoms with Crippen molar-refractivity contribution < 1.29 is 28.3 Å². The second-order valence-corrected chi connectivity index (χ2v) is 9.95. The lowest BCUT2D eigenvalue weighted by Gasteiger charge is -2.19. The summed E-state index contributed by atoms with van der Waals surface area (Å²) in [5.41, 5.74) is 1.81. The molecule has 0 bridgehead atoms. The molecular weight excluding hydrogens is 472 g/mol. The summed E-state index contributed by atoms with van der Waals surface area (Å²) in [7, 11) is 0. The molecule has 0 spiro atoms. The van der Waals surface area contributed by atoms with Gasteiger partial charge in [0.15, 0.2) is 0 Å². The highest BCUT2D eigenvalue weighted by Crippen LogP contribution is 2.28. The lowest BCUT2D eigenvalue weighted by Crippen LogP contribution is -2.50. The van der Waals surface area contributed by atoms with E-state index in [0.29, 0.717) is 37.9 Å². The van der Waals surface area contributed by atoms with Gasteiger partial charge in [0, 0.05) is 35.3 Å². The number of amides is 5. The van der Waals surface area contributed by atoms with Crippen LogP contribution in [0.5, 0.6) is 0 Å². The largest absolute Gasteiger partial charge is 0.345 e. The van der Waals surface area contributed by atoms with Crippen LogP contribution in [0.1, 0.15) is 83.0 Å². The first-order valence-corrected chi connectivity index (χ1v) is 13.4. The molecule has 37 heavy (non-hydrogen) atoms. The zero-order valence-electron chi connectivity index (χ0n) is 22.8. The van der Waals surface area contributed by atoms with Gasteiger partial charge in [-0.3, -0.25) is 28.9 Å². The number of nitrogens with zero attached hydrogens (tertiary/aromatic N) is 1. The molecule has 2 unspecified atom stereocenters. The van der Waals surface area contributed by atoms with Gasteiger partial charge in [0.05, 0.1) is 0 Å². The number of unbranched alkanes of at least 4 members (excludes halogenated alkanes) is 2. The van der Waals surface area contributed by atoms with Crippen LogP contribution in [-0.2, 0) is 30.4 Å². The van der Waals surface area contributed by atoms with E-state index in [1.807, 2.05) is 38.1 Å². The molecule has 5 amide bonds. The molecule has 1 aliphatic rings. The minimum absolute atomic E-state index is 0. The smallest absolute Gasteiger partial charge is 0.246 e. The van der Waals surface area contributed by atoms with Crippen molar-refractivity contribution >= 4 is 35.2 Å². The Hall–Kier alpha value is -3.23. The molecule has 1 saturated heterocycles. The Morgan fingerprint density at radius 2 is 1.59 bits per heavy atom. The second-order valence-electron chi connectivity index (χ2n) is 9.95. The van der Waals surface area contributed by atoms with Gasteiger partial charge in [0.1, 0.15) is 12.1 Å². The maximum Gasteiger partial charge on any atom is 0.246 e. The van der Waals surface area contributed by atoms with Crippen LogP contribution in [0.15, 0.2) is 24.3 Å². The number of hydrogen-bond acceptors (Lipinski definition) is 5. The number of hydrogen-bond donors (Lipinski definition) is 3. The fourth-order valence-corrected chi connectivity index (χ4v) is 4.26. The highest BCUT2D eigenvalue weighted by atomic mass is 16.2. The first-order chi connectivity index (χ1) is 17.6. The standard InChI is InChI=1S/C28H42N4O5.3H2/c1-6-18(3)23-17-25(34)32(28(23)37)16-10-8-9-11-24(33)29-19(4)26(35)30-20(5)27(36)31-22-14-12-21(7-2)13-15-22;;;/h12-15,18-20,23H,6-11,16-17H2,1-5H3,(H,29,33)(H,30,35)(H,31,36);3*1H/t18?,19-,20-,23?;;;/m0.../s1. The minimum Gasteiger partial charge on any atom is -0.345 e. The number of imide groups is 1. The monoisotopic (exact) mass is 520 g/mol. The Kier molecular flexibility index (Phi) is 11.8. The zero-order valence-corrected chi connectivity index (χ0v) is 22.8. The molecule has 9 nitrogen and oxygen atoms in total. The van der Waals surface area contributed by atoms with E-state index < -0.39 is 18.0 Å². The van der Waals surface area contributed by atoms with Gasteiger partial charge < -0.3 is 16.0 Å². The van der Waals surface area contributed by atoms with E-state index in [9.17, 15) is 24.0 Å². The molecule has 1 aromatic carbocycles. The van der Waals surface area contributed by atoms with Gasteiger partial charge in [-0.05, 0) is 56.7 Å². The lowest BCUT2D eigenvalue weighted by molar-refractivity contribution is -0.140. The minimum atomic E-state index is -0.788. The summed E-state index contributed by atoms with van der Waals surface area (Å²) in [5, 5.41) is 8.05. The zero-order chi connectivity index (χ0) is 27.5. The predicted molar refractivity (Wildman–Crippen MR) is 149 cm³/mol. The first kappa shape index (κ1) is 30.0. The van der Waals surface area contributed by atoms with Crippen LogP contribution in [0.25, 0.3) is 0 Å². The number of anilines is 1. The van der Waals surface area contributed by atoms with E-state index in [2.05, 4.69) is 22.9 Å². The maximum atomic E-state index is 12.5. The van der Waals surface area contributed by atoms with E-state index in [4.69, 9.17) is 0 Å². The van der Waals surface area contributed by atoms with Gasteiger partial charge in [-0.15, -0.1) is 0 Å². The molecular formula is C28H48N4O5. The number of carbonyl (C=O) groups excluding carboxylic acids is 5. The number of carbonyl (C=O) groups is 5. The number of benzene rings is 1. The molecule has 0 radical (unpaired) electrons. The van der Waals surface area contributed by atoms with Crippen molar-refractivity contribution in [1.29, 1.82) is 0 Å². The van der Waals surface area contributed by atoms with Crippen molar-refractivity contribution in [3.05, 3.63) is 29.8 Å². The third-order valence-corrected chi connectivity index (χ3v) is 7.05. The van der Waals surface area contributed by atoms with Crippen molar-refractivity contribution in [2.24, 2.45) is 11.8 Å². The topological polar surface area (TPSA) is 125 Å². The van der Waals surface area contributed by atoms with E-state index in [-0.39, 0.29) is 46.2 Å². The van der Waals surface area contributed by atoms with Crippen LogP contribution in [0.4, 0.5) is 5.69 Å². The molecule has 1 aliphatic heterocycles. The summed E-state index contributed by atoms with van der Waals surface area (Å²) in [6.45, 7) is 9.61. The number of rotatable bonds is 14. The first-order valence-electron chi connectivity index (χ1n) is 13.4. The fraction of sp³-hybridized carbons (Fsp3) is 0.607. The maximum absolute atomic E-state index is 12.5. The van der Waals surface area contributed by atoms with E-state index in [0.717, 1.165) is 18.4 Å². The average molecular weight is 521 g/mol. The molecule has 3 N–H and O–H groups in total. The number of likely N-dealkylation sites (tertiary alicyclic amines) is 1. The van der Waals surface area contributed by atoms with Crippen LogP contribution in [-0.4, -0.2) is 53.1 Å². The highest BCUT2D eigenvalue weighted by Gasteiger charge is 2.40. The summed E-state index contributed by atoms with van der Waals surface area (Å²) >= 11 is 0. The summed E-state index contributed by atoms with van der Waals surface area (Å²) in [4.78, 5) is 63.1. The van der Waals surface area contributed by atoms with Crippen molar-refractivity contribution in [3.63, 3.8) is 0 Å². The van der Waals surface area contributed by atoms with E-state index >= 15 is 0 Å². The van der Waals surface area contributed by atoms with Gasteiger partial charge in [0.2, 0.25) is 29.5 Å². The Morgan fingerprint density at radius 1 is 0.946 bits per heavy atom.